The fourth-order valence-corrected chi connectivity index (χ4v) is 3.85. The first kappa shape index (κ1) is 21.9. The second-order valence-electron chi connectivity index (χ2n) is 7.55. The molecular weight excluding hydrogens is 409 g/mol. The highest BCUT2D eigenvalue weighted by molar-refractivity contribution is 6.32. The van der Waals surface area contributed by atoms with Gasteiger partial charge < -0.3 is 4.90 Å². The lowest BCUT2D eigenvalue weighted by Gasteiger charge is -2.44. The smallest absolute Gasteiger partial charge is 0.287 e. The standard InChI is InChI=1S/C22H23ClFN3O3/c1-15-13-26(16(2)12-25(15)14-18-3-7-19(24)8-4-18)22(28)10-6-17-5-9-21(27(29)30)20(23)11-17/h3-11,15-16H,12-14H2,1-2H3/b10-6+/t15-,16+/m1/s1. The number of carbonyl (C=O) groups excluding carboxylic acids is 1. The number of amides is 1. The maximum atomic E-state index is 13.1. The Labute approximate surface area is 179 Å². The first-order chi connectivity index (χ1) is 14.2. The van der Waals surface area contributed by atoms with Crippen molar-refractivity contribution in [2.24, 2.45) is 0 Å². The van der Waals surface area contributed by atoms with Crippen molar-refractivity contribution < 1.29 is 14.1 Å². The van der Waals surface area contributed by atoms with Gasteiger partial charge in [0, 0.05) is 43.9 Å². The van der Waals surface area contributed by atoms with Crippen LogP contribution in [0.15, 0.2) is 48.5 Å². The summed E-state index contributed by atoms with van der Waals surface area (Å²) in [5.74, 6) is -0.373. The number of benzene rings is 2. The Morgan fingerprint density at radius 3 is 2.53 bits per heavy atom. The minimum atomic E-state index is -0.546. The summed E-state index contributed by atoms with van der Waals surface area (Å²) in [6.45, 7) is 6.05. The maximum Gasteiger partial charge on any atom is 0.287 e. The number of rotatable bonds is 5. The molecular formula is C22H23ClFN3O3. The Bertz CT molecular complexity index is 965. The molecule has 1 aliphatic rings. The molecule has 1 fully saturated rings. The molecule has 0 unspecified atom stereocenters. The Morgan fingerprint density at radius 1 is 1.20 bits per heavy atom. The third kappa shape index (κ3) is 5.23. The number of nitro benzene ring substituents is 1. The topological polar surface area (TPSA) is 66.7 Å². The maximum absolute atomic E-state index is 13.1. The highest BCUT2D eigenvalue weighted by Gasteiger charge is 2.31. The summed E-state index contributed by atoms with van der Waals surface area (Å²) in [6.07, 6.45) is 3.08. The molecule has 2 aromatic rings. The molecule has 0 saturated carbocycles. The molecule has 2 atom stereocenters. The molecule has 1 saturated heterocycles. The highest BCUT2D eigenvalue weighted by atomic mass is 35.5. The van der Waals surface area contributed by atoms with Crippen molar-refractivity contribution in [1.82, 2.24) is 9.80 Å². The molecule has 6 nitrogen and oxygen atoms in total. The number of hydrogen-bond donors (Lipinski definition) is 0. The second-order valence-corrected chi connectivity index (χ2v) is 7.95. The van der Waals surface area contributed by atoms with Crippen molar-refractivity contribution in [1.29, 1.82) is 0 Å². The van der Waals surface area contributed by atoms with Crippen molar-refractivity contribution in [3.8, 4) is 0 Å². The Morgan fingerprint density at radius 2 is 1.90 bits per heavy atom. The summed E-state index contributed by atoms with van der Waals surface area (Å²) in [5, 5.41) is 10.9. The van der Waals surface area contributed by atoms with E-state index >= 15 is 0 Å². The van der Waals surface area contributed by atoms with Crippen LogP contribution in [0.2, 0.25) is 5.02 Å². The van der Waals surface area contributed by atoms with E-state index in [2.05, 4.69) is 11.8 Å². The van der Waals surface area contributed by atoms with Gasteiger partial charge in [-0.3, -0.25) is 19.8 Å². The lowest BCUT2D eigenvalue weighted by Crippen LogP contribution is -2.57. The quantitative estimate of drug-likeness (QED) is 0.396. The molecule has 1 heterocycles. The first-order valence-electron chi connectivity index (χ1n) is 9.65. The summed E-state index contributed by atoms with van der Waals surface area (Å²) < 4.78 is 13.1. The van der Waals surface area contributed by atoms with E-state index in [1.807, 2.05) is 11.8 Å². The van der Waals surface area contributed by atoms with Crippen LogP contribution in [0.3, 0.4) is 0 Å². The predicted octanol–water partition coefficient (Wildman–Crippen LogP) is 4.52. The van der Waals surface area contributed by atoms with Crippen molar-refractivity contribution >= 4 is 29.3 Å². The summed E-state index contributed by atoms with van der Waals surface area (Å²) in [4.78, 5) is 27.1. The molecule has 8 heteroatoms. The normalized spacial score (nSPS) is 19.9. The van der Waals surface area contributed by atoms with E-state index in [0.717, 1.165) is 5.56 Å². The van der Waals surface area contributed by atoms with Gasteiger partial charge in [-0.2, -0.15) is 0 Å². The highest BCUT2D eigenvalue weighted by Crippen LogP contribution is 2.25. The van der Waals surface area contributed by atoms with Crippen LogP contribution in [-0.2, 0) is 11.3 Å². The van der Waals surface area contributed by atoms with Gasteiger partial charge >= 0.3 is 0 Å². The van der Waals surface area contributed by atoms with E-state index in [1.165, 1.54) is 30.3 Å². The number of carbonyl (C=O) groups is 1. The second kappa shape index (κ2) is 9.36. The van der Waals surface area contributed by atoms with Gasteiger partial charge in [-0.25, -0.2) is 4.39 Å². The van der Waals surface area contributed by atoms with Gasteiger partial charge in [0.25, 0.3) is 5.69 Å². The van der Waals surface area contributed by atoms with Gasteiger partial charge in [-0.05, 0) is 55.3 Å². The fourth-order valence-electron chi connectivity index (χ4n) is 3.59. The molecule has 158 valence electrons. The van der Waals surface area contributed by atoms with Gasteiger partial charge in [-0.1, -0.05) is 23.7 Å². The Hall–Kier alpha value is -2.77. The van der Waals surface area contributed by atoms with Gasteiger partial charge in [-0.15, -0.1) is 0 Å². The van der Waals surface area contributed by atoms with E-state index in [-0.39, 0.29) is 34.5 Å². The van der Waals surface area contributed by atoms with E-state index in [4.69, 9.17) is 11.6 Å². The summed E-state index contributed by atoms with van der Waals surface area (Å²) in [7, 11) is 0. The Balaban J connectivity index is 1.63. The average molecular weight is 432 g/mol. The van der Waals surface area contributed by atoms with Crippen LogP contribution >= 0.6 is 11.6 Å². The Kier molecular flexibility index (Phi) is 6.84. The fraction of sp³-hybridized carbons (Fsp3) is 0.318. The molecule has 0 radical (unpaired) electrons. The van der Waals surface area contributed by atoms with Gasteiger partial charge in [0.2, 0.25) is 5.91 Å². The predicted molar refractivity (Wildman–Crippen MR) is 115 cm³/mol. The van der Waals surface area contributed by atoms with E-state index < -0.39 is 4.92 Å². The van der Waals surface area contributed by atoms with E-state index in [1.54, 1.807) is 24.3 Å². The number of piperazine rings is 1. The zero-order valence-electron chi connectivity index (χ0n) is 16.8. The molecule has 1 aliphatic heterocycles. The van der Waals surface area contributed by atoms with Gasteiger partial charge in [0.05, 0.1) is 4.92 Å². The van der Waals surface area contributed by atoms with Crippen molar-refractivity contribution in [2.45, 2.75) is 32.5 Å². The van der Waals surface area contributed by atoms with Crippen LogP contribution in [0.4, 0.5) is 10.1 Å². The number of halogens is 2. The molecule has 2 aromatic carbocycles. The third-order valence-electron chi connectivity index (χ3n) is 5.28. The van der Waals surface area contributed by atoms with Crippen molar-refractivity contribution in [2.75, 3.05) is 13.1 Å². The number of nitrogens with zero attached hydrogens (tertiary/aromatic N) is 3. The zero-order chi connectivity index (χ0) is 21.8. The molecule has 0 bridgehead atoms. The van der Waals surface area contributed by atoms with Crippen LogP contribution < -0.4 is 0 Å². The average Bonchev–Trinajstić information content (AvgIpc) is 2.70. The summed E-state index contributed by atoms with van der Waals surface area (Å²) in [5.41, 5.74) is 1.49. The van der Waals surface area contributed by atoms with Crippen LogP contribution in [-0.4, -0.2) is 45.8 Å². The summed E-state index contributed by atoms with van der Waals surface area (Å²) >= 11 is 5.92. The lowest BCUT2D eigenvalue weighted by molar-refractivity contribution is -0.384. The minimum absolute atomic E-state index is 0.0132. The van der Waals surface area contributed by atoms with Crippen LogP contribution in [0.25, 0.3) is 6.08 Å². The molecule has 1 amide bonds. The van der Waals surface area contributed by atoms with E-state index in [0.29, 0.717) is 25.2 Å². The van der Waals surface area contributed by atoms with Crippen LogP contribution in [0.5, 0.6) is 0 Å². The molecule has 0 aliphatic carbocycles. The molecule has 0 spiro atoms. The molecule has 3 rings (SSSR count). The SMILES string of the molecule is C[C@@H]1CN(C(=O)/C=C/c2ccc([N+](=O)[O-])c(Cl)c2)[C@@H](C)CN1Cc1ccc(F)cc1. The van der Waals surface area contributed by atoms with Crippen molar-refractivity contribution in [3.05, 3.63) is 80.6 Å². The van der Waals surface area contributed by atoms with E-state index in [9.17, 15) is 19.3 Å². The number of nitro groups is 1. The third-order valence-corrected chi connectivity index (χ3v) is 5.59. The largest absolute Gasteiger partial charge is 0.334 e. The number of hydrogen-bond acceptors (Lipinski definition) is 4. The van der Waals surface area contributed by atoms with Gasteiger partial charge in [0.1, 0.15) is 10.8 Å². The zero-order valence-corrected chi connectivity index (χ0v) is 17.6. The van der Waals surface area contributed by atoms with Crippen LogP contribution in [0, 0.1) is 15.9 Å². The molecule has 0 aromatic heterocycles. The van der Waals surface area contributed by atoms with Crippen LogP contribution in [0.1, 0.15) is 25.0 Å². The molecule has 30 heavy (non-hydrogen) atoms. The van der Waals surface area contributed by atoms with Gasteiger partial charge in [0.15, 0.2) is 0 Å². The van der Waals surface area contributed by atoms with Crippen molar-refractivity contribution in [3.63, 3.8) is 0 Å². The minimum Gasteiger partial charge on any atom is -0.334 e. The summed E-state index contributed by atoms with van der Waals surface area (Å²) in [6, 6.07) is 11.0. The molecule has 0 N–H and O–H groups in total. The first-order valence-corrected chi connectivity index (χ1v) is 10.0. The monoisotopic (exact) mass is 431 g/mol. The lowest BCUT2D eigenvalue weighted by atomic mass is 10.1.